The summed E-state index contributed by atoms with van der Waals surface area (Å²) in [5.41, 5.74) is 5.43. The van der Waals surface area contributed by atoms with Crippen molar-refractivity contribution in [3.63, 3.8) is 0 Å². The third-order valence-electron chi connectivity index (χ3n) is 2.27. The molecule has 0 aliphatic rings. The van der Waals surface area contributed by atoms with E-state index in [1.165, 1.54) is 12.8 Å². The summed E-state index contributed by atoms with van der Waals surface area (Å²) in [6, 6.07) is 0. The molecule has 16 heavy (non-hydrogen) atoms. The zero-order valence-corrected chi connectivity index (χ0v) is 10.8. The molecule has 1 aromatic heterocycles. The van der Waals surface area contributed by atoms with Crippen molar-refractivity contribution in [3.05, 3.63) is 5.89 Å². The van der Waals surface area contributed by atoms with Crippen molar-refractivity contribution in [2.45, 2.75) is 50.7 Å². The third kappa shape index (κ3) is 5.51. The Balaban J connectivity index is 2.17. The molecule has 92 valence electrons. The molecule has 1 rings (SSSR count). The van der Waals surface area contributed by atoms with E-state index in [4.69, 9.17) is 10.2 Å². The highest BCUT2D eigenvalue weighted by Crippen LogP contribution is 2.18. The second-order valence-electron chi connectivity index (χ2n) is 3.76. The van der Waals surface area contributed by atoms with Crippen LogP contribution in [0.25, 0.3) is 0 Å². The van der Waals surface area contributed by atoms with Gasteiger partial charge in [-0.25, -0.2) is 0 Å². The lowest BCUT2D eigenvalue weighted by molar-refractivity contribution is 0.407. The molecule has 0 radical (unpaired) electrons. The second-order valence-corrected chi connectivity index (χ2v) is 4.81. The maximum absolute atomic E-state index is 5.52. The summed E-state index contributed by atoms with van der Waals surface area (Å²) in [6.45, 7) is 2.94. The highest BCUT2D eigenvalue weighted by Gasteiger charge is 2.05. The number of thioether (sulfide) groups is 1. The van der Waals surface area contributed by atoms with Crippen molar-refractivity contribution in [2.75, 3.05) is 12.3 Å². The number of nitrogens with two attached hydrogens (primary N) is 1. The van der Waals surface area contributed by atoms with Crippen molar-refractivity contribution in [1.82, 2.24) is 10.2 Å². The molecule has 0 aromatic carbocycles. The Morgan fingerprint density at radius 2 is 2.06 bits per heavy atom. The molecule has 1 heterocycles. The van der Waals surface area contributed by atoms with Gasteiger partial charge in [-0.15, -0.1) is 10.2 Å². The van der Waals surface area contributed by atoms with E-state index in [0.717, 1.165) is 43.9 Å². The average molecular weight is 243 g/mol. The molecular weight excluding hydrogens is 222 g/mol. The number of unbranched alkanes of at least 4 members (excludes halogenated alkanes) is 3. The van der Waals surface area contributed by atoms with Crippen LogP contribution >= 0.6 is 11.8 Å². The fraction of sp³-hybridized carbons (Fsp3) is 0.818. The van der Waals surface area contributed by atoms with Gasteiger partial charge in [0.25, 0.3) is 5.22 Å². The van der Waals surface area contributed by atoms with E-state index in [9.17, 15) is 0 Å². The monoisotopic (exact) mass is 243 g/mol. The quantitative estimate of drug-likeness (QED) is 0.533. The lowest BCUT2D eigenvalue weighted by Gasteiger charge is -1.95. The SMILES string of the molecule is CCCCSc1nnc(CCCCCN)o1. The first-order chi connectivity index (χ1) is 7.86. The predicted octanol–water partition coefficient (Wildman–Crippen LogP) is 2.63. The van der Waals surface area contributed by atoms with E-state index < -0.39 is 0 Å². The molecule has 0 saturated heterocycles. The Hall–Kier alpha value is -0.550. The number of aromatic nitrogens is 2. The summed E-state index contributed by atoms with van der Waals surface area (Å²) >= 11 is 1.65. The van der Waals surface area contributed by atoms with Crippen molar-refractivity contribution in [3.8, 4) is 0 Å². The fourth-order valence-electron chi connectivity index (χ4n) is 1.30. The zero-order valence-electron chi connectivity index (χ0n) is 9.95. The standard InChI is InChI=1S/C11H21N3OS/c1-2-3-9-16-11-14-13-10(15-11)7-5-4-6-8-12/h2-9,12H2,1H3. The molecule has 0 bridgehead atoms. The van der Waals surface area contributed by atoms with Gasteiger partial charge in [-0.1, -0.05) is 31.5 Å². The summed E-state index contributed by atoms with van der Waals surface area (Å²) < 4.78 is 5.52. The van der Waals surface area contributed by atoms with Gasteiger partial charge in [0.2, 0.25) is 5.89 Å². The summed E-state index contributed by atoms with van der Waals surface area (Å²) in [5, 5.41) is 8.74. The van der Waals surface area contributed by atoms with E-state index >= 15 is 0 Å². The Labute approximate surface area is 101 Å². The lowest BCUT2D eigenvalue weighted by atomic mass is 10.2. The van der Waals surface area contributed by atoms with E-state index in [2.05, 4.69) is 17.1 Å². The van der Waals surface area contributed by atoms with E-state index in [1.807, 2.05) is 0 Å². The first-order valence-electron chi connectivity index (χ1n) is 6.02. The normalized spacial score (nSPS) is 10.9. The third-order valence-corrected chi connectivity index (χ3v) is 3.17. The van der Waals surface area contributed by atoms with Crippen LogP contribution in [0.5, 0.6) is 0 Å². The summed E-state index contributed by atoms with van der Waals surface area (Å²) in [7, 11) is 0. The largest absolute Gasteiger partial charge is 0.416 e. The van der Waals surface area contributed by atoms with Gasteiger partial charge < -0.3 is 10.2 Å². The zero-order chi connectivity index (χ0) is 11.6. The average Bonchev–Trinajstić information content (AvgIpc) is 2.73. The first kappa shape index (κ1) is 13.5. The van der Waals surface area contributed by atoms with Gasteiger partial charge >= 0.3 is 0 Å². The van der Waals surface area contributed by atoms with Gasteiger partial charge in [-0.05, 0) is 25.8 Å². The van der Waals surface area contributed by atoms with Crippen molar-refractivity contribution < 1.29 is 4.42 Å². The van der Waals surface area contributed by atoms with Crippen LogP contribution in [-0.2, 0) is 6.42 Å². The number of nitrogens with zero attached hydrogens (tertiary/aromatic N) is 2. The lowest BCUT2D eigenvalue weighted by Crippen LogP contribution is -1.98. The van der Waals surface area contributed by atoms with Crippen LogP contribution < -0.4 is 5.73 Å². The molecule has 4 nitrogen and oxygen atoms in total. The minimum absolute atomic E-state index is 0.710. The van der Waals surface area contributed by atoms with Crippen molar-refractivity contribution in [2.24, 2.45) is 5.73 Å². The molecule has 0 fully saturated rings. The smallest absolute Gasteiger partial charge is 0.276 e. The Kier molecular flexibility index (Phi) is 7.25. The fourth-order valence-corrected chi connectivity index (χ4v) is 2.16. The summed E-state index contributed by atoms with van der Waals surface area (Å²) in [6.07, 6.45) is 6.56. The van der Waals surface area contributed by atoms with Crippen LogP contribution in [0.15, 0.2) is 9.64 Å². The minimum atomic E-state index is 0.710. The molecule has 0 amide bonds. The molecule has 5 heteroatoms. The van der Waals surface area contributed by atoms with Gasteiger partial charge in [0.15, 0.2) is 0 Å². The van der Waals surface area contributed by atoms with E-state index in [0.29, 0.717) is 5.22 Å². The predicted molar refractivity (Wildman–Crippen MR) is 66.5 cm³/mol. The topological polar surface area (TPSA) is 64.9 Å². The summed E-state index contributed by atoms with van der Waals surface area (Å²) in [5.74, 6) is 1.82. The van der Waals surface area contributed by atoms with E-state index in [1.54, 1.807) is 11.8 Å². The van der Waals surface area contributed by atoms with E-state index in [-0.39, 0.29) is 0 Å². The Bertz CT molecular complexity index is 278. The number of hydrogen-bond donors (Lipinski definition) is 1. The molecule has 0 saturated carbocycles. The van der Waals surface area contributed by atoms with Crippen LogP contribution in [0.2, 0.25) is 0 Å². The maximum atomic E-state index is 5.52. The number of aryl methyl sites for hydroxylation is 1. The highest BCUT2D eigenvalue weighted by molar-refractivity contribution is 7.99. The Morgan fingerprint density at radius 3 is 2.81 bits per heavy atom. The number of hydrogen-bond acceptors (Lipinski definition) is 5. The van der Waals surface area contributed by atoms with Gasteiger partial charge in [0, 0.05) is 12.2 Å². The van der Waals surface area contributed by atoms with Crippen LogP contribution in [0, 0.1) is 0 Å². The highest BCUT2D eigenvalue weighted by atomic mass is 32.2. The molecule has 0 spiro atoms. The molecule has 2 N–H and O–H groups in total. The molecule has 0 atom stereocenters. The van der Waals surface area contributed by atoms with Gasteiger partial charge in [0.05, 0.1) is 0 Å². The first-order valence-corrected chi connectivity index (χ1v) is 7.00. The van der Waals surface area contributed by atoms with Crippen LogP contribution in [-0.4, -0.2) is 22.5 Å². The maximum Gasteiger partial charge on any atom is 0.276 e. The van der Waals surface area contributed by atoms with Crippen molar-refractivity contribution in [1.29, 1.82) is 0 Å². The molecule has 0 unspecified atom stereocenters. The molecule has 0 aliphatic heterocycles. The summed E-state index contributed by atoms with van der Waals surface area (Å²) in [4.78, 5) is 0. The molecule has 0 aliphatic carbocycles. The van der Waals surface area contributed by atoms with Gasteiger partial charge in [-0.3, -0.25) is 0 Å². The van der Waals surface area contributed by atoms with Crippen molar-refractivity contribution >= 4 is 11.8 Å². The van der Waals surface area contributed by atoms with Crippen LogP contribution in [0.1, 0.15) is 44.9 Å². The minimum Gasteiger partial charge on any atom is -0.416 e. The number of rotatable bonds is 9. The van der Waals surface area contributed by atoms with Gasteiger partial charge in [-0.2, -0.15) is 0 Å². The molecule has 1 aromatic rings. The van der Waals surface area contributed by atoms with Crippen LogP contribution in [0.4, 0.5) is 0 Å². The molecular formula is C11H21N3OS. The van der Waals surface area contributed by atoms with Crippen LogP contribution in [0.3, 0.4) is 0 Å². The Morgan fingerprint density at radius 1 is 1.19 bits per heavy atom. The second kappa shape index (κ2) is 8.58. The van der Waals surface area contributed by atoms with Gasteiger partial charge in [0.1, 0.15) is 0 Å².